The molecule has 0 heterocycles. The summed E-state index contributed by atoms with van der Waals surface area (Å²) in [6, 6.07) is 15.6. The Morgan fingerprint density at radius 2 is 1.95 bits per heavy atom. The van der Waals surface area contributed by atoms with Crippen LogP contribution in [0.3, 0.4) is 0 Å². The van der Waals surface area contributed by atoms with Crippen molar-refractivity contribution >= 4 is 27.5 Å². The van der Waals surface area contributed by atoms with Crippen LogP contribution >= 0.6 is 15.9 Å². The average Bonchev–Trinajstić information content (AvgIpc) is 2.46. The van der Waals surface area contributed by atoms with Crippen molar-refractivity contribution in [3.8, 4) is 0 Å². The molecule has 3 nitrogen and oxygen atoms in total. The summed E-state index contributed by atoms with van der Waals surface area (Å²) in [5.41, 5.74) is 8.62. The molecule has 0 aliphatic rings. The molecule has 21 heavy (non-hydrogen) atoms. The van der Waals surface area contributed by atoms with Gasteiger partial charge in [-0.25, -0.2) is 0 Å². The zero-order valence-electron chi connectivity index (χ0n) is 12.0. The van der Waals surface area contributed by atoms with Gasteiger partial charge in [-0.05, 0) is 41.3 Å². The molecule has 0 aliphatic carbocycles. The largest absolute Gasteiger partial charge is 0.399 e. The van der Waals surface area contributed by atoms with Gasteiger partial charge in [0, 0.05) is 23.1 Å². The molecule has 0 saturated carbocycles. The van der Waals surface area contributed by atoms with Crippen LogP contribution in [0.1, 0.15) is 30.4 Å². The van der Waals surface area contributed by atoms with Crippen LogP contribution in [0, 0.1) is 0 Å². The minimum Gasteiger partial charge on any atom is -0.399 e. The first-order chi connectivity index (χ1) is 10.0. The van der Waals surface area contributed by atoms with Crippen molar-refractivity contribution in [3.63, 3.8) is 0 Å². The first kappa shape index (κ1) is 15.6. The molecule has 0 radical (unpaired) electrons. The third kappa shape index (κ3) is 4.90. The summed E-state index contributed by atoms with van der Waals surface area (Å²) in [6.45, 7) is 2.59. The minimum atomic E-state index is 0.0549. The monoisotopic (exact) mass is 346 g/mol. The predicted molar refractivity (Wildman–Crippen MR) is 89.9 cm³/mol. The molecule has 2 rings (SSSR count). The number of nitrogen functional groups attached to an aromatic ring is 1. The maximum absolute atomic E-state index is 12.0. The Hall–Kier alpha value is -1.81. The van der Waals surface area contributed by atoms with E-state index in [0.717, 1.165) is 21.3 Å². The predicted octanol–water partition coefficient (Wildman–Crippen LogP) is 3.84. The first-order valence-corrected chi connectivity index (χ1v) is 7.70. The zero-order chi connectivity index (χ0) is 15.2. The highest BCUT2D eigenvalue weighted by molar-refractivity contribution is 9.10. The molecule has 4 heteroatoms. The lowest BCUT2D eigenvalue weighted by molar-refractivity contribution is -0.121. The number of hydrogen-bond acceptors (Lipinski definition) is 2. The molecule has 0 aliphatic heterocycles. The number of benzene rings is 2. The molecule has 0 bridgehead atoms. The number of hydrogen-bond donors (Lipinski definition) is 2. The Bertz CT molecular complexity index is 610. The van der Waals surface area contributed by atoms with E-state index in [4.69, 9.17) is 5.73 Å². The van der Waals surface area contributed by atoms with Crippen LogP contribution in [-0.2, 0) is 11.3 Å². The van der Waals surface area contributed by atoms with Gasteiger partial charge in [0.2, 0.25) is 5.91 Å². The fourth-order valence-electron chi connectivity index (χ4n) is 2.14. The number of amides is 1. The van der Waals surface area contributed by atoms with E-state index in [2.05, 4.69) is 21.2 Å². The van der Waals surface area contributed by atoms with E-state index in [0.29, 0.717) is 13.0 Å². The summed E-state index contributed by atoms with van der Waals surface area (Å²) in [7, 11) is 0. The van der Waals surface area contributed by atoms with Gasteiger partial charge in [-0.3, -0.25) is 4.79 Å². The topological polar surface area (TPSA) is 55.1 Å². The number of anilines is 1. The third-order valence-electron chi connectivity index (χ3n) is 3.38. The van der Waals surface area contributed by atoms with E-state index in [1.54, 1.807) is 0 Å². The summed E-state index contributed by atoms with van der Waals surface area (Å²) in [4.78, 5) is 12.0. The molecule has 0 spiro atoms. The quantitative estimate of drug-likeness (QED) is 0.808. The Labute approximate surface area is 133 Å². The van der Waals surface area contributed by atoms with Gasteiger partial charge in [-0.1, -0.05) is 47.1 Å². The van der Waals surface area contributed by atoms with Gasteiger partial charge in [0.05, 0.1) is 0 Å². The maximum Gasteiger partial charge on any atom is 0.220 e. The summed E-state index contributed by atoms with van der Waals surface area (Å²) < 4.78 is 1.02. The number of carbonyl (C=O) groups excluding carboxylic acids is 1. The fraction of sp³-hybridized carbons (Fsp3) is 0.235. The molecular formula is C17H19BrN2O. The number of halogens is 1. The SMILES string of the molecule is CC(CC(=O)NCc1cccc(Br)c1)c1ccc(N)cc1. The normalized spacial score (nSPS) is 11.9. The highest BCUT2D eigenvalue weighted by Gasteiger charge is 2.11. The second-order valence-electron chi connectivity index (χ2n) is 5.18. The van der Waals surface area contributed by atoms with Crippen molar-refractivity contribution in [1.29, 1.82) is 0 Å². The Balaban J connectivity index is 1.85. The van der Waals surface area contributed by atoms with E-state index in [1.807, 2.05) is 55.5 Å². The van der Waals surface area contributed by atoms with Crippen molar-refractivity contribution in [3.05, 3.63) is 64.1 Å². The lowest BCUT2D eigenvalue weighted by Gasteiger charge is -2.12. The third-order valence-corrected chi connectivity index (χ3v) is 3.87. The lowest BCUT2D eigenvalue weighted by atomic mass is 9.97. The molecule has 3 N–H and O–H groups in total. The molecule has 1 unspecified atom stereocenters. The van der Waals surface area contributed by atoms with Crippen molar-refractivity contribution in [1.82, 2.24) is 5.32 Å². The molecule has 1 atom stereocenters. The number of rotatable bonds is 5. The second-order valence-corrected chi connectivity index (χ2v) is 6.09. The van der Waals surface area contributed by atoms with Crippen molar-refractivity contribution in [2.24, 2.45) is 0 Å². The first-order valence-electron chi connectivity index (χ1n) is 6.91. The van der Waals surface area contributed by atoms with Crippen LogP contribution in [0.15, 0.2) is 53.0 Å². The molecule has 110 valence electrons. The fourth-order valence-corrected chi connectivity index (χ4v) is 2.59. The van der Waals surface area contributed by atoms with Gasteiger partial charge in [0.1, 0.15) is 0 Å². The van der Waals surface area contributed by atoms with E-state index in [1.165, 1.54) is 0 Å². The standard InChI is InChI=1S/C17H19BrN2O/c1-12(14-5-7-16(19)8-6-14)9-17(21)20-11-13-3-2-4-15(18)10-13/h2-8,10,12H,9,11,19H2,1H3,(H,20,21). The van der Waals surface area contributed by atoms with Gasteiger partial charge in [-0.2, -0.15) is 0 Å². The average molecular weight is 347 g/mol. The number of nitrogens with two attached hydrogens (primary N) is 1. The Morgan fingerprint density at radius 3 is 2.62 bits per heavy atom. The number of carbonyl (C=O) groups is 1. The molecule has 1 amide bonds. The van der Waals surface area contributed by atoms with Crippen LogP contribution in [-0.4, -0.2) is 5.91 Å². The van der Waals surface area contributed by atoms with E-state index in [-0.39, 0.29) is 11.8 Å². The van der Waals surface area contributed by atoms with Gasteiger partial charge >= 0.3 is 0 Å². The minimum absolute atomic E-state index is 0.0549. The van der Waals surface area contributed by atoms with Crippen molar-refractivity contribution in [2.75, 3.05) is 5.73 Å². The molecule has 2 aromatic carbocycles. The van der Waals surface area contributed by atoms with Crippen molar-refractivity contribution in [2.45, 2.75) is 25.8 Å². The summed E-state index contributed by atoms with van der Waals surface area (Å²) in [5, 5.41) is 2.95. The highest BCUT2D eigenvalue weighted by Crippen LogP contribution is 2.20. The van der Waals surface area contributed by atoms with Gasteiger partial charge < -0.3 is 11.1 Å². The van der Waals surface area contributed by atoms with Crippen LogP contribution in [0.2, 0.25) is 0 Å². The summed E-state index contributed by atoms with van der Waals surface area (Å²) >= 11 is 3.42. The Kier molecular flexibility index (Phi) is 5.39. The Morgan fingerprint density at radius 1 is 1.24 bits per heavy atom. The van der Waals surface area contributed by atoms with Crippen LogP contribution in [0.4, 0.5) is 5.69 Å². The van der Waals surface area contributed by atoms with Gasteiger partial charge in [0.25, 0.3) is 0 Å². The zero-order valence-corrected chi connectivity index (χ0v) is 13.6. The molecule has 0 fully saturated rings. The highest BCUT2D eigenvalue weighted by atomic mass is 79.9. The lowest BCUT2D eigenvalue weighted by Crippen LogP contribution is -2.24. The van der Waals surface area contributed by atoms with E-state index >= 15 is 0 Å². The molecular weight excluding hydrogens is 328 g/mol. The van der Waals surface area contributed by atoms with E-state index in [9.17, 15) is 4.79 Å². The second kappa shape index (κ2) is 7.27. The summed E-state index contributed by atoms with van der Waals surface area (Å²) in [6.07, 6.45) is 0.470. The number of nitrogens with one attached hydrogen (secondary N) is 1. The van der Waals surface area contributed by atoms with Crippen molar-refractivity contribution < 1.29 is 4.79 Å². The van der Waals surface area contributed by atoms with Crippen LogP contribution in [0.5, 0.6) is 0 Å². The van der Waals surface area contributed by atoms with Gasteiger partial charge in [-0.15, -0.1) is 0 Å². The smallest absolute Gasteiger partial charge is 0.220 e. The molecule has 2 aromatic rings. The molecule has 0 saturated heterocycles. The maximum atomic E-state index is 12.0. The van der Waals surface area contributed by atoms with E-state index < -0.39 is 0 Å². The van der Waals surface area contributed by atoms with Crippen LogP contribution < -0.4 is 11.1 Å². The molecule has 0 aromatic heterocycles. The summed E-state index contributed by atoms with van der Waals surface area (Å²) in [5.74, 6) is 0.229. The van der Waals surface area contributed by atoms with Crippen LogP contribution in [0.25, 0.3) is 0 Å². The van der Waals surface area contributed by atoms with Gasteiger partial charge in [0.15, 0.2) is 0 Å².